The number of esters is 1. The van der Waals surface area contributed by atoms with Crippen LogP contribution in [0.5, 0.6) is 11.5 Å². The van der Waals surface area contributed by atoms with Crippen LogP contribution >= 0.6 is 0 Å². The van der Waals surface area contributed by atoms with Crippen LogP contribution in [-0.2, 0) is 9.53 Å². The summed E-state index contributed by atoms with van der Waals surface area (Å²) in [5.74, 6) is -0.458. The van der Waals surface area contributed by atoms with Crippen LogP contribution in [-0.4, -0.2) is 23.8 Å². The van der Waals surface area contributed by atoms with Crippen molar-refractivity contribution in [3.8, 4) is 11.5 Å². The Morgan fingerprint density at radius 2 is 1.95 bits per heavy atom. The summed E-state index contributed by atoms with van der Waals surface area (Å²) in [6, 6.07) is 3.11. The molecule has 4 heteroatoms. The fourth-order valence-corrected chi connectivity index (χ4v) is 1.72. The van der Waals surface area contributed by atoms with Gasteiger partial charge in [0.2, 0.25) is 0 Å². The normalized spacial score (nSPS) is 10.8. The summed E-state index contributed by atoms with van der Waals surface area (Å²) < 4.78 is 10.4. The first-order valence-corrected chi connectivity index (χ1v) is 6.16. The molecule has 0 aliphatic rings. The number of benzene rings is 1. The zero-order valence-electron chi connectivity index (χ0n) is 12.3. The van der Waals surface area contributed by atoms with Gasteiger partial charge in [-0.25, -0.2) is 4.79 Å². The summed E-state index contributed by atoms with van der Waals surface area (Å²) in [5, 5.41) is 9.82. The van der Waals surface area contributed by atoms with E-state index >= 15 is 0 Å². The van der Waals surface area contributed by atoms with Gasteiger partial charge in [-0.3, -0.25) is 0 Å². The van der Waals surface area contributed by atoms with Gasteiger partial charge in [0.05, 0.1) is 12.7 Å². The molecule has 0 saturated carbocycles. The second kappa shape index (κ2) is 5.82. The Kier molecular flexibility index (Phi) is 4.61. The van der Waals surface area contributed by atoms with Crippen molar-refractivity contribution >= 4 is 17.6 Å². The third-order valence-corrected chi connectivity index (χ3v) is 2.54. The number of methoxy groups -OCH3 is 1. The lowest BCUT2D eigenvalue weighted by atomic mass is 9.98. The molecule has 0 atom stereocenters. The van der Waals surface area contributed by atoms with E-state index in [0.717, 1.165) is 0 Å². The van der Waals surface area contributed by atoms with Gasteiger partial charge in [0, 0.05) is 5.56 Å². The molecule has 0 fully saturated rings. The molecule has 0 heterocycles. The van der Waals surface area contributed by atoms with Crippen molar-refractivity contribution in [1.29, 1.82) is 0 Å². The van der Waals surface area contributed by atoms with Crippen LogP contribution < -0.4 is 4.74 Å². The second-order valence-corrected chi connectivity index (χ2v) is 5.27. The lowest BCUT2D eigenvalue weighted by molar-refractivity contribution is -0.147. The molecule has 0 radical (unpaired) electrons. The Hall–Kier alpha value is -2.23. The highest BCUT2D eigenvalue weighted by atomic mass is 16.6. The van der Waals surface area contributed by atoms with Gasteiger partial charge in [-0.2, -0.15) is 0 Å². The number of carbonyl (C=O) groups is 1. The maximum Gasteiger partial charge on any atom is 0.338 e. The first-order valence-electron chi connectivity index (χ1n) is 6.16. The monoisotopic (exact) mass is 276 g/mol. The van der Waals surface area contributed by atoms with Crippen LogP contribution in [0.25, 0.3) is 11.6 Å². The highest BCUT2D eigenvalue weighted by molar-refractivity contribution is 6.17. The topological polar surface area (TPSA) is 55.8 Å². The van der Waals surface area contributed by atoms with Gasteiger partial charge in [0.25, 0.3) is 0 Å². The average Bonchev–Trinajstić information content (AvgIpc) is 2.35. The minimum atomic E-state index is -0.627. The van der Waals surface area contributed by atoms with Crippen molar-refractivity contribution in [3.63, 3.8) is 0 Å². The highest BCUT2D eigenvalue weighted by Crippen LogP contribution is 2.37. The molecule has 0 spiro atoms. The van der Waals surface area contributed by atoms with Crippen LogP contribution in [0.1, 0.15) is 31.9 Å². The van der Waals surface area contributed by atoms with Crippen LogP contribution in [0.4, 0.5) is 0 Å². The Bertz CT molecular complexity index is 550. The Morgan fingerprint density at radius 1 is 1.35 bits per heavy atom. The Labute approximate surface area is 119 Å². The van der Waals surface area contributed by atoms with Gasteiger partial charge in [0.15, 0.2) is 11.5 Å². The Morgan fingerprint density at radius 3 is 2.40 bits per heavy atom. The van der Waals surface area contributed by atoms with E-state index in [1.807, 2.05) is 0 Å². The van der Waals surface area contributed by atoms with E-state index in [2.05, 4.69) is 13.2 Å². The van der Waals surface area contributed by atoms with E-state index in [0.29, 0.717) is 11.1 Å². The zero-order valence-corrected chi connectivity index (χ0v) is 12.3. The van der Waals surface area contributed by atoms with E-state index in [-0.39, 0.29) is 17.1 Å². The van der Waals surface area contributed by atoms with Crippen LogP contribution in [0.3, 0.4) is 0 Å². The summed E-state index contributed by atoms with van der Waals surface area (Å²) in [4.78, 5) is 12.1. The standard InChI is InChI=1S/C16H20O4/c1-7-11-8-9-12(17)14(19-6)13(11)10(2)15(18)20-16(3,4)5/h7-9,17H,1-2H2,3-6H3. The summed E-state index contributed by atoms with van der Waals surface area (Å²) >= 11 is 0. The number of hydrogen-bond donors (Lipinski definition) is 1. The lowest BCUT2D eigenvalue weighted by Crippen LogP contribution is -2.24. The smallest absolute Gasteiger partial charge is 0.338 e. The molecule has 108 valence electrons. The highest BCUT2D eigenvalue weighted by Gasteiger charge is 2.24. The molecule has 1 aromatic carbocycles. The Balaban J connectivity index is 3.31. The number of phenols is 1. The number of carbonyl (C=O) groups excluding carboxylic acids is 1. The lowest BCUT2D eigenvalue weighted by Gasteiger charge is -2.21. The van der Waals surface area contributed by atoms with Crippen molar-refractivity contribution in [2.24, 2.45) is 0 Å². The molecule has 0 aromatic heterocycles. The van der Waals surface area contributed by atoms with Crippen LogP contribution in [0.2, 0.25) is 0 Å². The zero-order chi connectivity index (χ0) is 15.5. The molecule has 1 aromatic rings. The van der Waals surface area contributed by atoms with Gasteiger partial charge in [-0.05, 0) is 32.4 Å². The van der Waals surface area contributed by atoms with Crippen LogP contribution in [0.15, 0.2) is 25.3 Å². The molecule has 1 N–H and O–H groups in total. The molecule has 0 saturated heterocycles. The third-order valence-electron chi connectivity index (χ3n) is 2.54. The fourth-order valence-electron chi connectivity index (χ4n) is 1.72. The van der Waals surface area contributed by atoms with Crippen molar-refractivity contribution in [3.05, 3.63) is 36.4 Å². The molecule has 4 nitrogen and oxygen atoms in total. The maximum absolute atomic E-state index is 12.1. The van der Waals surface area contributed by atoms with Crippen LogP contribution in [0, 0.1) is 0 Å². The number of phenolic OH excluding ortho intramolecular Hbond substituents is 1. The molecule has 0 aliphatic heterocycles. The molecule has 0 bridgehead atoms. The SMILES string of the molecule is C=Cc1ccc(O)c(OC)c1C(=C)C(=O)OC(C)(C)C. The van der Waals surface area contributed by atoms with Crippen molar-refractivity contribution in [2.75, 3.05) is 7.11 Å². The van der Waals surface area contributed by atoms with Gasteiger partial charge in [-0.15, -0.1) is 0 Å². The van der Waals surface area contributed by atoms with Gasteiger partial charge >= 0.3 is 5.97 Å². The summed E-state index contributed by atoms with van der Waals surface area (Å²) in [5.41, 5.74) is 0.508. The van der Waals surface area contributed by atoms with Crippen molar-refractivity contribution in [2.45, 2.75) is 26.4 Å². The second-order valence-electron chi connectivity index (χ2n) is 5.27. The maximum atomic E-state index is 12.1. The minimum absolute atomic E-state index is 0.0715. The van der Waals surface area contributed by atoms with E-state index < -0.39 is 11.6 Å². The van der Waals surface area contributed by atoms with Gasteiger partial charge in [0.1, 0.15) is 5.60 Å². The van der Waals surface area contributed by atoms with Gasteiger partial charge in [-0.1, -0.05) is 25.3 Å². The molecule has 0 aliphatic carbocycles. The summed E-state index contributed by atoms with van der Waals surface area (Å²) in [6.45, 7) is 12.7. The van der Waals surface area contributed by atoms with E-state index in [1.165, 1.54) is 13.2 Å². The number of rotatable bonds is 4. The number of ether oxygens (including phenoxy) is 2. The molecule has 1 rings (SSSR count). The molecular weight excluding hydrogens is 256 g/mol. The first kappa shape index (κ1) is 15.8. The number of hydrogen-bond acceptors (Lipinski definition) is 4. The molecule has 20 heavy (non-hydrogen) atoms. The predicted octanol–water partition coefficient (Wildman–Crippen LogP) is 3.40. The molecule has 0 amide bonds. The first-order chi connectivity index (χ1) is 9.21. The third kappa shape index (κ3) is 3.41. The van der Waals surface area contributed by atoms with Gasteiger partial charge < -0.3 is 14.6 Å². The molecule has 0 unspecified atom stereocenters. The van der Waals surface area contributed by atoms with Crippen molar-refractivity contribution < 1.29 is 19.4 Å². The van der Waals surface area contributed by atoms with E-state index in [4.69, 9.17) is 9.47 Å². The minimum Gasteiger partial charge on any atom is -0.504 e. The summed E-state index contributed by atoms with van der Waals surface area (Å²) in [6.07, 6.45) is 1.56. The van der Waals surface area contributed by atoms with E-state index in [9.17, 15) is 9.90 Å². The largest absolute Gasteiger partial charge is 0.504 e. The fraction of sp³-hybridized carbons (Fsp3) is 0.312. The molecular formula is C16H20O4. The quantitative estimate of drug-likeness (QED) is 0.676. The number of aromatic hydroxyl groups is 1. The van der Waals surface area contributed by atoms with E-state index in [1.54, 1.807) is 32.9 Å². The predicted molar refractivity (Wildman–Crippen MR) is 79.6 cm³/mol. The summed E-state index contributed by atoms with van der Waals surface area (Å²) in [7, 11) is 1.41. The average molecular weight is 276 g/mol. The van der Waals surface area contributed by atoms with Crippen molar-refractivity contribution in [1.82, 2.24) is 0 Å².